The van der Waals surface area contributed by atoms with Crippen molar-refractivity contribution >= 4 is 5.69 Å². The van der Waals surface area contributed by atoms with Gasteiger partial charge in [-0.25, -0.2) is 18.2 Å². The van der Waals surface area contributed by atoms with Crippen molar-refractivity contribution in [2.75, 3.05) is 5.32 Å². The highest BCUT2D eigenvalue weighted by Crippen LogP contribution is 2.21. The van der Waals surface area contributed by atoms with Crippen LogP contribution < -0.4 is 5.32 Å². The van der Waals surface area contributed by atoms with Crippen LogP contribution in [-0.2, 0) is 6.54 Å². The number of H-pyrrole nitrogens is 1. The number of halogens is 3. The molecule has 3 nitrogen and oxygen atoms in total. The molecule has 0 unspecified atom stereocenters. The first-order valence-electron chi connectivity index (χ1n) is 4.54. The number of hydrogen-bond acceptors (Lipinski definition) is 2. The Kier molecular flexibility index (Phi) is 2.80. The Morgan fingerprint density at radius 3 is 2.62 bits per heavy atom. The summed E-state index contributed by atoms with van der Waals surface area (Å²) in [5, 5.41) is 2.44. The van der Waals surface area contributed by atoms with Crippen molar-refractivity contribution < 1.29 is 13.2 Å². The lowest BCUT2D eigenvalue weighted by molar-refractivity contribution is 0.498. The van der Waals surface area contributed by atoms with Crippen LogP contribution in [0.1, 0.15) is 5.82 Å². The molecule has 2 rings (SSSR count). The maximum atomic E-state index is 13.2. The molecule has 0 fully saturated rings. The highest BCUT2D eigenvalue weighted by Gasteiger charge is 2.13. The number of benzene rings is 1. The van der Waals surface area contributed by atoms with Gasteiger partial charge in [-0.15, -0.1) is 0 Å². The van der Waals surface area contributed by atoms with Crippen molar-refractivity contribution in [3.8, 4) is 0 Å². The van der Waals surface area contributed by atoms with E-state index in [0.717, 1.165) is 12.1 Å². The van der Waals surface area contributed by atoms with Gasteiger partial charge < -0.3 is 10.3 Å². The summed E-state index contributed by atoms with van der Waals surface area (Å²) in [4.78, 5) is 6.61. The molecule has 84 valence electrons. The summed E-state index contributed by atoms with van der Waals surface area (Å²) in [7, 11) is 0. The zero-order valence-electron chi connectivity index (χ0n) is 8.10. The molecule has 6 heteroatoms. The van der Waals surface area contributed by atoms with Crippen molar-refractivity contribution in [1.82, 2.24) is 9.97 Å². The van der Waals surface area contributed by atoms with Gasteiger partial charge in [0.2, 0.25) is 0 Å². The highest BCUT2D eigenvalue weighted by molar-refractivity contribution is 5.46. The van der Waals surface area contributed by atoms with Crippen molar-refractivity contribution in [3.63, 3.8) is 0 Å². The monoisotopic (exact) mass is 227 g/mol. The van der Waals surface area contributed by atoms with Gasteiger partial charge in [-0.05, 0) is 12.1 Å². The molecule has 0 saturated carbocycles. The van der Waals surface area contributed by atoms with E-state index in [-0.39, 0.29) is 6.54 Å². The molecule has 0 radical (unpaired) electrons. The third-order valence-electron chi connectivity index (χ3n) is 2.03. The Morgan fingerprint density at radius 2 is 1.94 bits per heavy atom. The van der Waals surface area contributed by atoms with Gasteiger partial charge in [0, 0.05) is 12.4 Å². The fourth-order valence-electron chi connectivity index (χ4n) is 1.26. The zero-order chi connectivity index (χ0) is 11.5. The number of imidazole rings is 1. The minimum atomic E-state index is -1.23. The molecule has 0 spiro atoms. The molecule has 0 bridgehead atoms. The van der Waals surface area contributed by atoms with Gasteiger partial charge >= 0.3 is 0 Å². The number of aromatic nitrogens is 2. The van der Waals surface area contributed by atoms with Crippen LogP contribution in [0.3, 0.4) is 0 Å². The van der Waals surface area contributed by atoms with E-state index >= 15 is 0 Å². The second-order valence-electron chi connectivity index (χ2n) is 3.11. The molecular formula is C10H8F3N3. The summed E-state index contributed by atoms with van der Waals surface area (Å²) >= 11 is 0. The van der Waals surface area contributed by atoms with Crippen molar-refractivity contribution in [2.24, 2.45) is 0 Å². The van der Waals surface area contributed by atoms with Crippen molar-refractivity contribution in [3.05, 3.63) is 47.8 Å². The fourth-order valence-corrected chi connectivity index (χ4v) is 1.26. The Hall–Kier alpha value is -1.98. The Balaban J connectivity index is 2.18. The molecule has 1 aromatic carbocycles. The van der Waals surface area contributed by atoms with E-state index < -0.39 is 23.1 Å². The normalized spacial score (nSPS) is 10.4. The largest absolute Gasteiger partial charge is 0.373 e. The van der Waals surface area contributed by atoms with Crippen LogP contribution >= 0.6 is 0 Å². The van der Waals surface area contributed by atoms with Crippen LogP contribution in [0, 0.1) is 17.5 Å². The molecule has 0 aliphatic heterocycles. The minimum absolute atomic E-state index is 0.0876. The number of aromatic amines is 1. The smallest absolute Gasteiger partial charge is 0.184 e. The Morgan fingerprint density at radius 1 is 1.19 bits per heavy atom. The maximum Gasteiger partial charge on any atom is 0.184 e. The molecular weight excluding hydrogens is 219 g/mol. The van der Waals surface area contributed by atoms with E-state index in [1.807, 2.05) is 0 Å². The molecule has 1 aromatic heterocycles. The summed E-state index contributed by atoms with van der Waals surface area (Å²) in [5.74, 6) is -2.66. The fraction of sp³-hybridized carbons (Fsp3) is 0.100. The lowest BCUT2D eigenvalue weighted by atomic mass is 10.2. The first-order valence-corrected chi connectivity index (χ1v) is 4.54. The van der Waals surface area contributed by atoms with E-state index in [1.165, 1.54) is 6.20 Å². The van der Waals surface area contributed by atoms with Gasteiger partial charge in [-0.3, -0.25) is 0 Å². The Labute approximate surface area is 89.3 Å². The first-order chi connectivity index (χ1) is 7.68. The van der Waals surface area contributed by atoms with Crippen LogP contribution in [0.2, 0.25) is 0 Å². The second-order valence-corrected chi connectivity index (χ2v) is 3.11. The van der Waals surface area contributed by atoms with E-state index in [2.05, 4.69) is 15.3 Å². The zero-order valence-corrected chi connectivity index (χ0v) is 8.10. The third kappa shape index (κ3) is 2.00. The lowest BCUT2D eigenvalue weighted by Crippen LogP contribution is -2.06. The predicted octanol–water partition coefficient (Wildman–Crippen LogP) is 2.44. The molecule has 0 aliphatic rings. The minimum Gasteiger partial charge on any atom is -0.373 e. The van der Waals surface area contributed by atoms with E-state index in [1.54, 1.807) is 6.20 Å². The summed E-state index contributed by atoms with van der Waals surface area (Å²) in [5.41, 5.74) is -0.489. The van der Waals surface area contributed by atoms with E-state index in [9.17, 15) is 13.2 Å². The summed E-state index contributed by atoms with van der Waals surface area (Å²) < 4.78 is 39.2. The number of nitrogens with zero attached hydrogens (tertiary/aromatic N) is 1. The van der Waals surface area contributed by atoms with Gasteiger partial charge in [0.25, 0.3) is 0 Å². The van der Waals surface area contributed by atoms with Gasteiger partial charge in [0.15, 0.2) is 11.6 Å². The van der Waals surface area contributed by atoms with Gasteiger partial charge in [-0.2, -0.15) is 0 Å². The van der Waals surface area contributed by atoms with Crippen LogP contribution in [0.4, 0.5) is 18.9 Å². The lowest BCUT2D eigenvalue weighted by Gasteiger charge is -2.07. The van der Waals surface area contributed by atoms with E-state index in [0.29, 0.717) is 5.82 Å². The van der Waals surface area contributed by atoms with E-state index in [4.69, 9.17) is 0 Å². The second kappa shape index (κ2) is 4.26. The first kappa shape index (κ1) is 10.5. The summed E-state index contributed by atoms with van der Waals surface area (Å²) in [6, 6.07) is 1.60. The maximum absolute atomic E-state index is 13.2. The number of anilines is 1. The number of nitrogens with one attached hydrogen (secondary N) is 2. The molecule has 2 N–H and O–H groups in total. The molecule has 0 atom stereocenters. The number of rotatable bonds is 3. The van der Waals surface area contributed by atoms with Crippen LogP contribution in [0.5, 0.6) is 0 Å². The highest BCUT2D eigenvalue weighted by atomic mass is 19.2. The summed E-state index contributed by atoms with van der Waals surface area (Å²) in [6.45, 7) is 0.0876. The SMILES string of the molecule is Fc1ccc(F)c(NCc2ncc[nH]2)c1F. The summed E-state index contributed by atoms with van der Waals surface area (Å²) in [6.07, 6.45) is 3.09. The van der Waals surface area contributed by atoms with Crippen LogP contribution in [0.25, 0.3) is 0 Å². The predicted molar refractivity (Wildman–Crippen MR) is 52.2 cm³/mol. The molecule has 0 aliphatic carbocycles. The third-order valence-corrected chi connectivity index (χ3v) is 2.03. The van der Waals surface area contributed by atoms with Crippen molar-refractivity contribution in [1.29, 1.82) is 0 Å². The molecule has 16 heavy (non-hydrogen) atoms. The van der Waals surface area contributed by atoms with Crippen LogP contribution in [0.15, 0.2) is 24.5 Å². The van der Waals surface area contributed by atoms with Gasteiger partial charge in [0.1, 0.15) is 17.3 Å². The standard InChI is InChI=1S/C10H8F3N3/c11-6-1-2-7(12)10(9(6)13)16-5-8-14-3-4-15-8/h1-4,16H,5H2,(H,14,15). The topological polar surface area (TPSA) is 40.7 Å². The molecule has 0 saturated heterocycles. The van der Waals surface area contributed by atoms with Gasteiger partial charge in [0.05, 0.1) is 6.54 Å². The van der Waals surface area contributed by atoms with Crippen molar-refractivity contribution in [2.45, 2.75) is 6.54 Å². The average molecular weight is 227 g/mol. The molecule has 1 heterocycles. The molecule has 0 amide bonds. The Bertz CT molecular complexity index is 482. The number of hydrogen-bond donors (Lipinski definition) is 2. The quantitative estimate of drug-likeness (QED) is 0.790. The van der Waals surface area contributed by atoms with Crippen LogP contribution in [-0.4, -0.2) is 9.97 Å². The average Bonchev–Trinajstić information content (AvgIpc) is 2.77. The van der Waals surface area contributed by atoms with Gasteiger partial charge in [-0.1, -0.05) is 0 Å². The molecule has 2 aromatic rings.